The van der Waals surface area contributed by atoms with Gasteiger partial charge in [-0.25, -0.2) is 0 Å². The molecule has 0 aromatic heterocycles. The van der Waals surface area contributed by atoms with Crippen molar-refractivity contribution in [3.63, 3.8) is 0 Å². The maximum atomic E-state index is 13.0. The Morgan fingerprint density at radius 2 is 1.23 bits per heavy atom. The van der Waals surface area contributed by atoms with Gasteiger partial charge >= 0.3 is 0 Å². The van der Waals surface area contributed by atoms with Gasteiger partial charge in [0.1, 0.15) is 30.5 Å². The van der Waals surface area contributed by atoms with Crippen molar-refractivity contribution in [1.82, 2.24) is 5.32 Å². The molecule has 0 aromatic carbocycles. The number of hydrogen-bond acceptors (Lipinski definition) is 9. The first-order valence-electron chi connectivity index (χ1n) is 21.6. The number of carbonyl (C=O) groups is 1. The molecule has 10 nitrogen and oxygen atoms in total. The van der Waals surface area contributed by atoms with E-state index in [0.717, 1.165) is 32.1 Å². The summed E-state index contributed by atoms with van der Waals surface area (Å²) in [5.41, 5.74) is 1.36. The van der Waals surface area contributed by atoms with E-state index in [1.807, 2.05) is 6.08 Å². The fourth-order valence-corrected chi connectivity index (χ4v) is 6.83. The Labute approximate surface area is 322 Å². The molecule has 0 bridgehead atoms. The zero-order chi connectivity index (χ0) is 39.1. The number of ether oxygens (including phenoxy) is 2. The lowest BCUT2D eigenvalue weighted by Crippen LogP contribution is -2.60. The highest BCUT2D eigenvalue weighted by Crippen LogP contribution is 2.23. The predicted octanol–water partition coefficient (Wildman–Crippen LogP) is 7.30. The van der Waals surface area contributed by atoms with Gasteiger partial charge in [0.2, 0.25) is 5.91 Å². The number of rotatable bonds is 34. The summed E-state index contributed by atoms with van der Waals surface area (Å²) >= 11 is 0. The summed E-state index contributed by atoms with van der Waals surface area (Å²) in [5, 5.41) is 64.6. The normalized spacial score (nSPS) is 22.7. The molecule has 1 aliphatic heterocycles. The maximum Gasteiger partial charge on any atom is 0.249 e. The number of unbranched alkanes of at least 4 members (excludes halogenated alkanes) is 20. The minimum Gasteiger partial charge on any atom is -0.394 e. The zero-order valence-corrected chi connectivity index (χ0v) is 33.9. The van der Waals surface area contributed by atoms with E-state index in [9.17, 15) is 35.4 Å². The van der Waals surface area contributed by atoms with Crippen LogP contribution in [-0.4, -0.2) is 98.7 Å². The molecule has 0 radical (unpaired) electrons. The molecule has 0 spiro atoms. The Bertz CT molecular complexity index is 929. The molecule has 0 aromatic rings. The van der Waals surface area contributed by atoms with Crippen LogP contribution in [-0.2, 0) is 14.3 Å². The van der Waals surface area contributed by atoms with E-state index >= 15 is 0 Å². The molecule has 312 valence electrons. The van der Waals surface area contributed by atoms with E-state index < -0.39 is 61.5 Å². The van der Waals surface area contributed by atoms with Crippen LogP contribution in [0.15, 0.2) is 23.8 Å². The average molecular weight is 756 g/mol. The maximum absolute atomic E-state index is 13.0. The first kappa shape index (κ1) is 49.6. The number of aliphatic hydroxyl groups is 6. The summed E-state index contributed by atoms with van der Waals surface area (Å²) in [6, 6.07) is -0.994. The van der Waals surface area contributed by atoms with Crippen LogP contribution in [0.1, 0.15) is 181 Å². The summed E-state index contributed by atoms with van der Waals surface area (Å²) in [6.45, 7) is 5.72. The SMILES string of the molecule is CCCCCCCCCCCCCCCC[C@@H](O)C(=O)N[C@@H](CO[C@@H]1O[C@H](CO)[C@@H](O)[C@H](O)[C@H]1O)[C@H](O)/C=C/CC/C=C(\C)CCCCCCCCC. The molecule has 1 heterocycles. The first-order valence-corrected chi connectivity index (χ1v) is 21.6. The number of carbonyl (C=O) groups excluding carboxylic acids is 1. The largest absolute Gasteiger partial charge is 0.394 e. The van der Waals surface area contributed by atoms with E-state index in [-0.39, 0.29) is 6.61 Å². The van der Waals surface area contributed by atoms with Gasteiger partial charge in [-0.3, -0.25) is 4.79 Å². The summed E-state index contributed by atoms with van der Waals surface area (Å²) in [4.78, 5) is 13.0. The standard InChI is InChI=1S/C43H81NO9/c1-4-6-8-10-12-13-14-15-16-17-18-20-22-26-31-37(47)42(51)44-35(33-52-43-41(50)40(49)39(48)38(32-45)53-43)36(46)30-27-23-25-29-34(3)28-24-21-19-11-9-7-5-2/h27,29-30,35-41,43,45-50H,4-26,28,31-33H2,1-3H3,(H,44,51)/b30-27+,34-29+/t35-,36+,37+,38+,39+,40-,41+,43+/m0/s1. The van der Waals surface area contributed by atoms with Gasteiger partial charge in [0.05, 0.1) is 25.4 Å². The Morgan fingerprint density at radius 3 is 1.75 bits per heavy atom. The van der Waals surface area contributed by atoms with Crippen LogP contribution < -0.4 is 5.32 Å². The van der Waals surface area contributed by atoms with E-state index in [4.69, 9.17) is 9.47 Å². The van der Waals surface area contributed by atoms with Crippen molar-refractivity contribution >= 4 is 5.91 Å². The molecule has 1 amide bonds. The van der Waals surface area contributed by atoms with Crippen molar-refractivity contribution < 1.29 is 44.9 Å². The third-order valence-electron chi connectivity index (χ3n) is 10.5. The highest BCUT2D eigenvalue weighted by atomic mass is 16.7. The van der Waals surface area contributed by atoms with Crippen LogP contribution in [0.4, 0.5) is 0 Å². The van der Waals surface area contributed by atoms with Gasteiger partial charge in [-0.1, -0.05) is 166 Å². The Hall–Kier alpha value is -1.37. The van der Waals surface area contributed by atoms with Gasteiger partial charge in [0, 0.05) is 0 Å². The van der Waals surface area contributed by atoms with Crippen molar-refractivity contribution in [3.05, 3.63) is 23.8 Å². The molecule has 1 aliphatic rings. The van der Waals surface area contributed by atoms with Crippen LogP contribution in [0, 0.1) is 0 Å². The van der Waals surface area contributed by atoms with Gasteiger partial charge < -0.3 is 45.4 Å². The lowest BCUT2D eigenvalue weighted by atomic mass is 9.99. The lowest BCUT2D eigenvalue weighted by molar-refractivity contribution is -0.302. The van der Waals surface area contributed by atoms with E-state index in [0.29, 0.717) is 19.3 Å². The summed E-state index contributed by atoms with van der Waals surface area (Å²) in [5.74, 6) is -0.626. The van der Waals surface area contributed by atoms with Crippen molar-refractivity contribution in [2.24, 2.45) is 0 Å². The minimum absolute atomic E-state index is 0.306. The number of aliphatic hydroxyl groups excluding tert-OH is 6. The highest BCUT2D eigenvalue weighted by Gasteiger charge is 2.44. The third-order valence-corrected chi connectivity index (χ3v) is 10.5. The van der Waals surface area contributed by atoms with Crippen LogP contribution >= 0.6 is 0 Å². The number of allylic oxidation sites excluding steroid dienone is 3. The molecular formula is C43H81NO9. The fraction of sp³-hybridized carbons (Fsp3) is 0.884. The fourth-order valence-electron chi connectivity index (χ4n) is 6.83. The van der Waals surface area contributed by atoms with Crippen molar-refractivity contribution in [1.29, 1.82) is 0 Å². The second-order valence-corrected chi connectivity index (χ2v) is 15.5. The molecule has 7 N–H and O–H groups in total. The predicted molar refractivity (Wildman–Crippen MR) is 213 cm³/mol. The second kappa shape index (κ2) is 32.8. The topological polar surface area (TPSA) is 169 Å². The van der Waals surface area contributed by atoms with Gasteiger partial charge in [0.25, 0.3) is 0 Å². The molecule has 0 aliphatic carbocycles. The Kier molecular flexibility index (Phi) is 30.8. The zero-order valence-electron chi connectivity index (χ0n) is 33.9. The van der Waals surface area contributed by atoms with Crippen LogP contribution in [0.3, 0.4) is 0 Å². The molecule has 0 unspecified atom stereocenters. The number of nitrogens with one attached hydrogen (secondary N) is 1. The van der Waals surface area contributed by atoms with Gasteiger partial charge in [-0.15, -0.1) is 0 Å². The first-order chi connectivity index (χ1) is 25.7. The molecule has 1 fully saturated rings. The van der Waals surface area contributed by atoms with E-state index in [1.54, 1.807) is 6.08 Å². The lowest BCUT2D eigenvalue weighted by Gasteiger charge is -2.40. The molecule has 0 saturated carbocycles. The van der Waals surface area contributed by atoms with Gasteiger partial charge in [-0.05, 0) is 39.0 Å². The van der Waals surface area contributed by atoms with Gasteiger partial charge in [0.15, 0.2) is 6.29 Å². The smallest absolute Gasteiger partial charge is 0.249 e. The van der Waals surface area contributed by atoms with Crippen molar-refractivity contribution in [2.75, 3.05) is 13.2 Å². The van der Waals surface area contributed by atoms with Crippen LogP contribution in [0.25, 0.3) is 0 Å². The monoisotopic (exact) mass is 756 g/mol. The summed E-state index contributed by atoms with van der Waals surface area (Å²) in [6.07, 6.45) is 24.9. The Balaban J connectivity index is 2.54. The summed E-state index contributed by atoms with van der Waals surface area (Å²) in [7, 11) is 0. The Morgan fingerprint density at radius 1 is 0.717 bits per heavy atom. The highest BCUT2D eigenvalue weighted by molar-refractivity contribution is 5.80. The minimum atomic E-state index is -1.61. The van der Waals surface area contributed by atoms with Crippen LogP contribution in [0.2, 0.25) is 0 Å². The molecule has 1 rings (SSSR count). The molecule has 53 heavy (non-hydrogen) atoms. The van der Waals surface area contributed by atoms with Crippen molar-refractivity contribution in [2.45, 2.75) is 230 Å². The molecule has 1 saturated heterocycles. The molecule has 10 heteroatoms. The number of amides is 1. The summed E-state index contributed by atoms with van der Waals surface area (Å²) < 4.78 is 11.1. The second-order valence-electron chi connectivity index (χ2n) is 15.5. The quantitative estimate of drug-likeness (QED) is 0.0263. The van der Waals surface area contributed by atoms with Gasteiger partial charge in [-0.2, -0.15) is 0 Å². The van der Waals surface area contributed by atoms with E-state index in [1.165, 1.54) is 115 Å². The van der Waals surface area contributed by atoms with E-state index in [2.05, 4.69) is 32.2 Å². The molecule has 8 atom stereocenters. The number of hydrogen-bond donors (Lipinski definition) is 7. The van der Waals surface area contributed by atoms with Crippen LogP contribution in [0.5, 0.6) is 0 Å². The van der Waals surface area contributed by atoms with Crippen molar-refractivity contribution in [3.8, 4) is 0 Å². The molecular weight excluding hydrogens is 674 g/mol. The third kappa shape index (κ3) is 24.0. The average Bonchev–Trinajstić information content (AvgIpc) is 3.15.